The smallest absolute Gasteiger partial charge is 0.158 e. The zero-order chi connectivity index (χ0) is 8.55. The van der Waals surface area contributed by atoms with E-state index in [2.05, 4.69) is 28.9 Å². The predicted molar refractivity (Wildman–Crippen MR) is 44.9 cm³/mol. The first-order valence-electron chi connectivity index (χ1n) is 3.92. The Morgan fingerprint density at radius 2 is 2.25 bits per heavy atom. The molecule has 2 aromatic heterocycles. The van der Waals surface area contributed by atoms with Crippen LogP contribution in [-0.2, 0) is 0 Å². The molecule has 0 unspecified atom stereocenters. The van der Waals surface area contributed by atoms with Crippen LogP contribution in [0, 0.1) is 0 Å². The molecule has 0 spiro atoms. The summed E-state index contributed by atoms with van der Waals surface area (Å²) < 4.78 is 1.69. The number of rotatable bonds is 1. The highest BCUT2D eigenvalue weighted by molar-refractivity contribution is 5.38. The quantitative estimate of drug-likeness (QED) is 0.633. The third-order valence-corrected chi connectivity index (χ3v) is 1.76. The average Bonchev–Trinajstić information content (AvgIpc) is 2.46. The van der Waals surface area contributed by atoms with Crippen LogP contribution in [-0.4, -0.2) is 19.6 Å². The van der Waals surface area contributed by atoms with Gasteiger partial charge in [-0.15, -0.1) is 0 Å². The molecule has 12 heavy (non-hydrogen) atoms. The van der Waals surface area contributed by atoms with E-state index in [9.17, 15) is 0 Å². The summed E-state index contributed by atoms with van der Waals surface area (Å²) in [4.78, 5) is 7.95. The maximum absolute atomic E-state index is 4.30. The van der Waals surface area contributed by atoms with Crippen LogP contribution < -0.4 is 0 Å². The Kier molecular flexibility index (Phi) is 1.53. The molecule has 4 nitrogen and oxygen atoms in total. The molecular formula is C8H10N4. The highest BCUT2D eigenvalue weighted by Gasteiger charge is 2.04. The van der Waals surface area contributed by atoms with Gasteiger partial charge in [-0.05, 0) is 5.92 Å². The summed E-state index contributed by atoms with van der Waals surface area (Å²) in [6, 6.07) is 1.98. The molecule has 2 aromatic rings. The lowest BCUT2D eigenvalue weighted by Crippen LogP contribution is -1.92. The summed E-state index contributed by atoms with van der Waals surface area (Å²) in [5.41, 5.74) is 1.91. The fraction of sp³-hybridized carbons (Fsp3) is 0.375. The van der Waals surface area contributed by atoms with E-state index in [-0.39, 0.29) is 0 Å². The third-order valence-electron chi connectivity index (χ3n) is 1.76. The van der Waals surface area contributed by atoms with Gasteiger partial charge in [0, 0.05) is 6.07 Å². The fourth-order valence-corrected chi connectivity index (χ4v) is 1.05. The van der Waals surface area contributed by atoms with E-state index >= 15 is 0 Å². The molecule has 0 aliphatic heterocycles. The standard InChI is InChI=1S/C8H10N4/c1-6(2)7-3-8-10-4-9-5-12(8)11-7/h3-6H,1-2H3. The van der Waals surface area contributed by atoms with Crippen molar-refractivity contribution >= 4 is 5.65 Å². The Balaban J connectivity index is 2.62. The van der Waals surface area contributed by atoms with Gasteiger partial charge in [-0.3, -0.25) is 0 Å². The van der Waals surface area contributed by atoms with Gasteiger partial charge >= 0.3 is 0 Å². The van der Waals surface area contributed by atoms with Crippen LogP contribution in [0.25, 0.3) is 5.65 Å². The van der Waals surface area contributed by atoms with Crippen LogP contribution in [0.1, 0.15) is 25.5 Å². The molecule has 0 aromatic carbocycles. The molecule has 62 valence electrons. The zero-order valence-corrected chi connectivity index (χ0v) is 7.10. The van der Waals surface area contributed by atoms with Crippen molar-refractivity contribution in [1.82, 2.24) is 19.6 Å². The summed E-state index contributed by atoms with van der Waals surface area (Å²) in [7, 11) is 0. The SMILES string of the molecule is CC(C)c1cc2ncncn2n1. The van der Waals surface area contributed by atoms with Crippen LogP contribution in [0.5, 0.6) is 0 Å². The van der Waals surface area contributed by atoms with E-state index in [4.69, 9.17) is 0 Å². The largest absolute Gasteiger partial charge is 0.225 e. The molecule has 2 rings (SSSR count). The lowest BCUT2D eigenvalue weighted by Gasteiger charge is -1.94. The summed E-state index contributed by atoms with van der Waals surface area (Å²) in [5.74, 6) is 0.437. The van der Waals surface area contributed by atoms with Crippen LogP contribution in [0.2, 0.25) is 0 Å². The molecule has 0 bridgehead atoms. The van der Waals surface area contributed by atoms with Gasteiger partial charge in [0.2, 0.25) is 0 Å². The second kappa shape index (κ2) is 2.55. The second-order valence-electron chi connectivity index (χ2n) is 3.04. The molecule has 0 saturated carbocycles. The molecule has 0 amide bonds. The minimum absolute atomic E-state index is 0.437. The average molecular weight is 162 g/mol. The van der Waals surface area contributed by atoms with E-state index in [1.165, 1.54) is 6.33 Å². The number of hydrogen-bond donors (Lipinski definition) is 0. The van der Waals surface area contributed by atoms with Gasteiger partial charge < -0.3 is 0 Å². The van der Waals surface area contributed by atoms with Crippen LogP contribution in [0.3, 0.4) is 0 Å². The van der Waals surface area contributed by atoms with Gasteiger partial charge in [0.05, 0.1) is 5.69 Å². The van der Waals surface area contributed by atoms with E-state index in [0.29, 0.717) is 5.92 Å². The molecule has 2 heterocycles. The zero-order valence-electron chi connectivity index (χ0n) is 7.10. The van der Waals surface area contributed by atoms with Crippen LogP contribution in [0.15, 0.2) is 18.7 Å². The van der Waals surface area contributed by atoms with Crippen LogP contribution >= 0.6 is 0 Å². The molecule has 0 aliphatic rings. The first kappa shape index (κ1) is 7.21. The fourth-order valence-electron chi connectivity index (χ4n) is 1.05. The number of hydrogen-bond acceptors (Lipinski definition) is 3. The Morgan fingerprint density at radius 1 is 1.42 bits per heavy atom. The molecule has 4 heteroatoms. The Labute approximate surface area is 70.3 Å². The first-order valence-corrected chi connectivity index (χ1v) is 3.92. The molecule has 0 radical (unpaired) electrons. The van der Waals surface area contributed by atoms with Crippen molar-refractivity contribution in [3.8, 4) is 0 Å². The van der Waals surface area contributed by atoms with Gasteiger partial charge in [0.1, 0.15) is 12.7 Å². The highest BCUT2D eigenvalue weighted by atomic mass is 15.3. The van der Waals surface area contributed by atoms with E-state index in [1.807, 2.05) is 6.07 Å². The minimum Gasteiger partial charge on any atom is -0.225 e. The first-order chi connectivity index (χ1) is 5.77. The normalized spacial score (nSPS) is 11.2. The van der Waals surface area contributed by atoms with Gasteiger partial charge in [-0.25, -0.2) is 14.5 Å². The lowest BCUT2D eigenvalue weighted by molar-refractivity contribution is 0.777. The second-order valence-corrected chi connectivity index (χ2v) is 3.04. The molecule has 0 aliphatic carbocycles. The molecule has 0 atom stereocenters. The third kappa shape index (κ3) is 1.05. The number of aromatic nitrogens is 4. The van der Waals surface area contributed by atoms with Gasteiger partial charge in [-0.1, -0.05) is 13.8 Å². The lowest BCUT2D eigenvalue weighted by atomic mass is 10.1. The summed E-state index contributed by atoms with van der Waals surface area (Å²) in [6.07, 6.45) is 3.19. The van der Waals surface area contributed by atoms with Crippen molar-refractivity contribution in [2.75, 3.05) is 0 Å². The predicted octanol–water partition coefficient (Wildman–Crippen LogP) is 1.25. The molecule has 0 N–H and O–H groups in total. The number of nitrogens with zero attached hydrogens (tertiary/aromatic N) is 4. The Bertz CT molecular complexity index is 358. The maximum atomic E-state index is 4.30. The minimum atomic E-state index is 0.437. The molecule has 0 fully saturated rings. The number of fused-ring (bicyclic) bond motifs is 1. The van der Waals surface area contributed by atoms with Gasteiger partial charge in [0.15, 0.2) is 5.65 Å². The summed E-state index contributed by atoms with van der Waals surface area (Å²) >= 11 is 0. The Hall–Kier alpha value is -1.45. The van der Waals surface area contributed by atoms with Crippen LogP contribution in [0.4, 0.5) is 0 Å². The van der Waals surface area contributed by atoms with Crippen molar-refractivity contribution in [1.29, 1.82) is 0 Å². The van der Waals surface area contributed by atoms with Gasteiger partial charge in [-0.2, -0.15) is 5.10 Å². The van der Waals surface area contributed by atoms with Crippen molar-refractivity contribution in [3.05, 3.63) is 24.4 Å². The van der Waals surface area contributed by atoms with E-state index in [1.54, 1.807) is 10.8 Å². The van der Waals surface area contributed by atoms with Crippen molar-refractivity contribution < 1.29 is 0 Å². The van der Waals surface area contributed by atoms with Crippen molar-refractivity contribution in [3.63, 3.8) is 0 Å². The van der Waals surface area contributed by atoms with Crippen molar-refractivity contribution in [2.24, 2.45) is 0 Å². The summed E-state index contributed by atoms with van der Waals surface area (Å²) in [6.45, 7) is 4.21. The molecule has 0 saturated heterocycles. The van der Waals surface area contributed by atoms with E-state index < -0.39 is 0 Å². The van der Waals surface area contributed by atoms with Crippen molar-refractivity contribution in [2.45, 2.75) is 19.8 Å². The van der Waals surface area contributed by atoms with E-state index in [0.717, 1.165) is 11.3 Å². The highest BCUT2D eigenvalue weighted by Crippen LogP contribution is 2.12. The maximum Gasteiger partial charge on any atom is 0.158 e. The summed E-state index contributed by atoms with van der Waals surface area (Å²) in [5, 5.41) is 4.30. The Morgan fingerprint density at radius 3 is 2.92 bits per heavy atom. The van der Waals surface area contributed by atoms with Gasteiger partial charge in [0.25, 0.3) is 0 Å². The molecular weight excluding hydrogens is 152 g/mol. The monoisotopic (exact) mass is 162 g/mol. The topological polar surface area (TPSA) is 43.1 Å².